The van der Waals surface area contributed by atoms with Crippen LogP contribution in [0.1, 0.15) is 36.1 Å². The van der Waals surface area contributed by atoms with Crippen molar-refractivity contribution in [3.05, 3.63) is 64.3 Å². The number of para-hydroxylation sites is 1. The molecule has 0 radical (unpaired) electrons. The first-order chi connectivity index (χ1) is 14.2. The number of benzene rings is 2. The van der Waals surface area contributed by atoms with Crippen molar-refractivity contribution >= 4 is 45.9 Å². The second-order valence-electron chi connectivity index (χ2n) is 7.80. The number of hydrogen-bond donors (Lipinski definition) is 0. The van der Waals surface area contributed by atoms with Gasteiger partial charge in [-0.1, -0.05) is 29.8 Å². The second kappa shape index (κ2) is 8.00. The lowest BCUT2D eigenvalue weighted by molar-refractivity contribution is -0.116. The summed E-state index contributed by atoms with van der Waals surface area (Å²) in [5, 5.41) is 1.79. The standard InChI is InChI=1S/C24H23ClN2OS/c25-17-11-12-21-19(14-17)24(18-8-2-3-9-20(18)26-21)29-15-23(28)27-13-5-7-16-6-1-4-10-22(16)27/h1,4,6,10-12,14H,2-3,5,7-9,13,15H2. The third kappa shape index (κ3) is 3.64. The Bertz CT molecular complexity index is 1100. The first-order valence-electron chi connectivity index (χ1n) is 10.3. The number of amides is 1. The molecule has 1 amide bonds. The van der Waals surface area contributed by atoms with Gasteiger partial charge in [-0.2, -0.15) is 0 Å². The van der Waals surface area contributed by atoms with E-state index in [2.05, 4.69) is 18.2 Å². The molecule has 2 heterocycles. The summed E-state index contributed by atoms with van der Waals surface area (Å²) >= 11 is 7.96. The molecule has 1 aliphatic carbocycles. The Labute approximate surface area is 180 Å². The highest BCUT2D eigenvalue weighted by Gasteiger charge is 2.24. The van der Waals surface area contributed by atoms with Crippen LogP contribution in [-0.4, -0.2) is 23.2 Å². The smallest absolute Gasteiger partial charge is 0.237 e. The molecule has 1 aliphatic heterocycles. The number of carbonyl (C=O) groups is 1. The van der Waals surface area contributed by atoms with Crippen LogP contribution in [0.25, 0.3) is 10.9 Å². The van der Waals surface area contributed by atoms with Gasteiger partial charge in [0.1, 0.15) is 0 Å². The molecule has 0 saturated heterocycles. The maximum Gasteiger partial charge on any atom is 0.237 e. The average molecular weight is 423 g/mol. The molecule has 148 valence electrons. The molecule has 0 saturated carbocycles. The largest absolute Gasteiger partial charge is 0.311 e. The monoisotopic (exact) mass is 422 g/mol. The van der Waals surface area contributed by atoms with Crippen molar-refractivity contribution in [1.82, 2.24) is 4.98 Å². The van der Waals surface area contributed by atoms with E-state index in [0.29, 0.717) is 10.8 Å². The lowest BCUT2D eigenvalue weighted by atomic mass is 9.94. The minimum absolute atomic E-state index is 0.179. The van der Waals surface area contributed by atoms with Crippen molar-refractivity contribution in [3.8, 4) is 0 Å². The van der Waals surface area contributed by atoms with Crippen LogP contribution in [0, 0.1) is 0 Å². The second-order valence-corrected chi connectivity index (χ2v) is 9.22. The number of halogens is 1. The van der Waals surface area contributed by atoms with E-state index >= 15 is 0 Å². The van der Waals surface area contributed by atoms with Crippen LogP contribution in [0.5, 0.6) is 0 Å². The summed E-state index contributed by atoms with van der Waals surface area (Å²) < 4.78 is 0. The molecule has 0 atom stereocenters. The van der Waals surface area contributed by atoms with Crippen LogP contribution in [0.15, 0.2) is 47.4 Å². The number of rotatable bonds is 3. The lowest BCUT2D eigenvalue weighted by Crippen LogP contribution is -2.36. The molecule has 0 fully saturated rings. The van der Waals surface area contributed by atoms with E-state index < -0.39 is 0 Å². The van der Waals surface area contributed by atoms with Gasteiger partial charge in [0.25, 0.3) is 0 Å². The van der Waals surface area contributed by atoms with E-state index in [-0.39, 0.29) is 5.91 Å². The normalized spacial score (nSPS) is 15.8. The van der Waals surface area contributed by atoms with Gasteiger partial charge in [-0.05, 0) is 73.9 Å². The third-order valence-corrected chi connectivity index (χ3v) is 7.30. The maximum absolute atomic E-state index is 13.2. The number of anilines is 1. The van der Waals surface area contributed by atoms with Gasteiger partial charge in [0, 0.05) is 33.2 Å². The fourth-order valence-electron chi connectivity index (χ4n) is 4.52. The molecule has 0 spiro atoms. The van der Waals surface area contributed by atoms with E-state index in [1.165, 1.54) is 34.6 Å². The highest BCUT2D eigenvalue weighted by atomic mass is 35.5. The summed E-state index contributed by atoms with van der Waals surface area (Å²) in [6.45, 7) is 0.803. The molecule has 0 unspecified atom stereocenters. The molecular weight excluding hydrogens is 400 g/mol. The van der Waals surface area contributed by atoms with E-state index in [1.54, 1.807) is 11.8 Å². The fraction of sp³-hybridized carbons (Fsp3) is 0.333. The molecule has 2 aromatic carbocycles. The van der Waals surface area contributed by atoms with Crippen molar-refractivity contribution in [2.24, 2.45) is 0 Å². The van der Waals surface area contributed by atoms with Crippen LogP contribution in [-0.2, 0) is 24.1 Å². The van der Waals surface area contributed by atoms with Crippen LogP contribution >= 0.6 is 23.4 Å². The predicted octanol–water partition coefficient (Wildman–Crippen LogP) is 5.84. The molecule has 5 heteroatoms. The number of pyridine rings is 1. The lowest BCUT2D eigenvalue weighted by Gasteiger charge is -2.29. The zero-order valence-corrected chi connectivity index (χ0v) is 17.9. The van der Waals surface area contributed by atoms with Gasteiger partial charge in [0.2, 0.25) is 5.91 Å². The summed E-state index contributed by atoms with van der Waals surface area (Å²) in [6.07, 6.45) is 6.50. The highest BCUT2D eigenvalue weighted by Crippen LogP contribution is 2.37. The van der Waals surface area contributed by atoms with Crippen molar-refractivity contribution in [2.75, 3.05) is 17.2 Å². The number of hydrogen-bond acceptors (Lipinski definition) is 3. The molecule has 0 bridgehead atoms. The summed E-state index contributed by atoms with van der Waals surface area (Å²) in [5.74, 6) is 0.616. The molecule has 2 aliphatic rings. The summed E-state index contributed by atoms with van der Waals surface area (Å²) in [6, 6.07) is 14.2. The molecule has 3 aromatic rings. The molecule has 5 rings (SSSR count). The first kappa shape index (κ1) is 19.0. The van der Waals surface area contributed by atoms with Crippen molar-refractivity contribution in [2.45, 2.75) is 43.4 Å². The van der Waals surface area contributed by atoms with Gasteiger partial charge in [-0.25, -0.2) is 0 Å². The number of nitrogens with zero attached hydrogens (tertiary/aromatic N) is 2. The summed E-state index contributed by atoms with van der Waals surface area (Å²) in [7, 11) is 0. The summed E-state index contributed by atoms with van der Waals surface area (Å²) in [4.78, 5) is 21.2. The molecule has 3 nitrogen and oxygen atoms in total. The number of aryl methyl sites for hydroxylation is 2. The van der Waals surface area contributed by atoms with E-state index in [0.717, 1.165) is 48.8 Å². The molecule has 29 heavy (non-hydrogen) atoms. The average Bonchev–Trinajstić information content (AvgIpc) is 2.76. The van der Waals surface area contributed by atoms with E-state index in [1.807, 2.05) is 29.2 Å². The van der Waals surface area contributed by atoms with Crippen LogP contribution in [0.2, 0.25) is 5.02 Å². The quantitative estimate of drug-likeness (QED) is 0.497. The topological polar surface area (TPSA) is 33.2 Å². The van der Waals surface area contributed by atoms with Crippen molar-refractivity contribution in [1.29, 1.82) is 0 Å². The number of fused-ring (bicyclic) bond motifs is 3. The molecule has 1 aromatic heterocycles. The van der Waals surface area contributed by atoms with Gasteiger partial charge >= 0.3 is 0 Å². The van der Waals surface area contributed by atoms with Gasteiger partial charge in [0.05, 0.1) is 11.3 Å². The van der Waals surface area contributed by atoms with Crippen molar-refractivity contribution in [3.63, 3.8) is 0 Å². The Kier molecular flexibility index (Phi) is 5.23. The Balaban J connectivity index is 1.47. The van der Waals surface area contributed by atoms with Crippen LogP contribution in [0.4, 0.5) is 5.69 Å². The van der Waals surface area contributed by atoms with Gasteiger partial charge in [-0.15, -0.1) is 11.8 Å². The van der Waals surface area contributed by atoms with Gasteiger partial charge < -0.3 is 4.90 Å². The number of thioether (sulfide) groups is 1. The Morgan fingerprint density at radius 1 is 1.07 bits per heavy atom. The zero-order chi connectivity index (χ0) is 19.8. The fourth-order valence-corrected chi connectivity index (χ4v) is 5.83. The van der Waals surface area contributed by atoms with E-state index in [4.69, 9.17) is 16.6 Å². The summed E-state index contributed by atoms with van der Waals surface area (Å²) in [5.41, 5.74) is 5.85. The predicted molar refractivity (Wildman–Crippen MR) is 121 cm³/mol. The minimum Gasteiger partial charge on any atom is -0.311 e. The highest BCUT2D eigenvalue weighted by molar-refractivity contribution is 8.00. The molecule has 0 N–H and O–H groups in total. The van der Waals surface area contributed by atoms with Crippen LogP contribution < -0.4 is 4.90 Å². The maximum atomic E-state index is 13.2. The van der Waals surface area contributed by atoms with Gasteiger partial charge in [-0.3, -0.25) is 9.78 Å². The number of carbonyl (C=O) groups excluding carboxylic acids is 1. The first-order valence-corrected chi connectivity index (χ1v) is 11.7. The van der Waals surface area contributed by atoms with E-state index in [9.17, 15) is 4.79 Å². The minimum atomic E-state index is 0.179. The van der Waals surface area contributed by atoms with Gasteiger partial charge in [0.15, 0.2) is 0 Å². The SMILES string of the molecule is O=C(CSc1c2c(nc3ccc(Cl)cc13)CCCC2)N1CCCc2ccccc21. The Hall–Kier alpha value is -2.04. The third-order valence-electron chi connectivity index (χ3n) is 5.92. The number of aromatic nitrogens is 1. The van der Waals surface area contributed by atoms with Crippen molar-refractivity contribution < 1.29 is 4.79 Å². The Morgan fingerprint density at radius 3 is 2.86 bits per heavy atom. The zero-order valence-electron chi connectivity index (χ0n) is 16.3. The van der Waals surface area contributed by atoms with Crippen LogP contribution in [0.3, 0.4) is 0 Å². The molecular formula is C24H23ClN2OS. The Morgan fingerprint density at radius 2 is 1.93 bits per heavy atom.